The Kier molecular flexibility index (Phi) is 2.32. The lowest BCUT2D eigenvalue weighted by Gasteiger charge is -2.40. The first-order valence-electron chi connectivity index (χ1n) is 6.29. The van der Waals surface area contributed by atoms with E-state index in [0.29, 0.717) is 11.8 Å². The molecule has 1 aliphatic heterocycles. The Morgan fingerprint density at radius 2 is 2.12 bits per heavy atom. The summed E-state index contributed by atoms with van der Waals surface area (Å²) < 4.78 is 5.22. The molecule has 0 unspecified atom stereocenters. The maximum Gasteiger partial charge on any atom is 0.334 e. The summed E-state index contributed by atoms with van der Waals surface area (Å²) >= 11 is 0. The second-order valence-corrected chi connectivity index (χ2v) is 5.36. The van der Waals surface area contributed by atoms with Gasteiger partial charge in [0.1, 0.15) is 6.10 Å². The molecule has 3 aliphatic rings. The summed E-state index contributed by atoms with van der Waals surface area (Å²) in [6.45, 7) is 1.88. The average molecular weight is 222 g/mol. The fourth-order valence-corrected chi connectivity index (χ4v) is 3.66. The summed E-state index contributed by atoms with van der Waals surface area (Å²) in [6, 6.07) is 0. The molecule has 2 fully saturated rings. The van der Waals surface area contributed by atoms with Crippen molar-refractivity contribution in [2.45, 2.75) is 44.8 Å². The van der Waals surface area contributed by atoms with Crippen molar-refractivity contribution in [2.75, 3.05) is 0 Å². The molecule has 1 N–H and O–H groups in total. The molecular weight excluding hydrogens is 204 g/mol. The minimum atomic E-state index is -0.383. The molecule has 0 aromatic heterocycles. The van der Waals surface area contributed by atoms with E-state index in [1.165, 1.54) is 12.8 Å². The number of ether oxygens (including phenoxy) is 1. The van der Waals surface area contributed by atoms with Crippen LogP contribution in [0.25, 0.3) is 0 Å². The molecule has 0 spiro atoms. The molecule has 0 radical (unpaired) electrons. The smallest absolute Gasteiger partial charge is 0.334 e. The van der Waals surface area contributed by atoms with E-state index in [1.807, 2.05) is 6.92 Å². The van der Waals surface area contributed by atoms with Gasteiger partial charge >= 0.3 is 5.97 Å². The van der Waals surface area contributed by atoms with Crippen LogP contribution in [0.2, 0.25) is 0 Å². The highest BCUT2D eigenvalue weighted by molar-refractivity contribution is 5.92. The molecule has 2 aliphatic carbocycles. The Bertz CT molecular complexity index is 347. The van der Waals surface area contributed by atoms with Crippen LogP contribution in [0.3, 0.4) is 0 Å². The van der Waals surface area contributed by atoms with E-state index in [0.717, 1.165) is 18.4 Å². The van der Waals surface area contributed by atoms with Gasteiger partial charge in [-0.2, -0.15) is 0 Å². The Balaban J connectivity index is 1.97. The molecule has 1 saturated heterocycles. The lowest BCUT2D eigenvalue weighted by atomic mass is 9.66. The number of carbonyl (C=O) groups is 1. The number of hydrogen-bond donors (Lipinski definition) is 1. The lowest BCUT2D eigenvalue weighted by Crippen LogP contribution is -2.42. The summed E-state index contributed by atoms with van der Waals surface area (Å²) in [5.74, 6) is 0.458. The number of rotatable bonds is 0. The Morgan fingerprint density at radius 3 is 2.94 bits per heavy atom. The standard InChI is InChI=1S/C13H18O3/c1-7-11-10(13(15)16-7)6-8-4-2-3-5-9(8)12(11)14/h6-9,11-12,14H,2-5H2,1H3/t7-,8+,9-,11-,12+/m0/s1. The van der Waals surface area contributed by atoms with Gasteiger partial charge < -0.3 is 9.84 Å². The Hall–Kier alpha value is -0.830. The van der Waals surface area contributed by atoms with Crippen LogP contribution >= 0.6 is 0 Å². The van der Waals surface area contributed by atoms with Gasteiger partial charge in [-0.1, -0.05) is 18.9 Å². The summed E-state index contributed by atoms with van der Waals surface area (Å²) in [5, 5.41) is 10.4. The molecule has 3 heteroatoms. The SMILES string of the molecule is C[C@@H]1OC(=O)C2=C[C@H]3CCCC[C@@H]3[C@@H](O)[C@H]21. The molecule has 3 nitrogen and oxygen atoms in total. The second kappa shape index (κ2) is 3.59. The van der Waals surface area contributed by atoms with Crippen molar-refractivity contribution in [3.8, 4) is 0 Å². The van der Waals surface area contributed by atoms with Crippen LogP contribution in [-0.4, -0.2) is 23.3 Å². The number of allylic oxidation sites excluding steroid dienone is 1. The van der Waals surface area contributed by atoms with Crippen LogP contribution in [0.1, 0.15) is 32.6 Å². The summed E-state index contributed by atoms with van der Waals surface area (Å²) in [4.78, 5) is 11.6. The van der Waals surface area contributed by atoms with E-state index >= 15 is 0 Å². The van der Waals surface area contributed by atoms with E-state index in [-0.39, 0.29) is 24.1 Å². The van der Waals surface area contributed by atoms with Crippen molar-refractivity contribution in [1.29, 1.82) is 0 Å². The summed E-state index contributed by atoms with van der Waals surface area (Å²) in [6.07, 6.45) is 6.17. The minimum Gasteiger partial charge on any atom is -0.459 e. The number of aliphatic hydroxyl groups is 1. The van der Waals surface area contributed by atoms with Gasteiger partial charge in [0.25, 0.3) is 0 Å². The third kappa shape index (κ3) is 1.34. The number of carbonyl (C=O) groups excluding carboxylic acids is 1. The van der Waals surface area contributed by atoms with Crippen molar-refractivity contribution in [1.82, 2.24) is 0 Å². The monoisotopic (exact) mass is 222 g/mol. The van der Waals surface area contributed by atoms with E-state index in [1.54, 1.807) is 0 Å². The number of esters is 1. The van der Waals surface area contributed by atoms with Gasteiger partial charge in [0, 0.05) is 5.57 Å². The van der Waals surface area contributed by atoms with E-state index in [9.17, 15) is 9.90 Å². The normalized spacial score (nSPS) is 46.8. The van der Waals surface area contributed by atoms with Gasteiger partial charge in [-0.3, -0.25) is 0 Å². The second-order valence-electron chi connectivity index (χ2n) is 5.36. The van der Waals surface area contributed by atoms with Crippen molar-refractivity contribution in [2.24, 2.45) is 17.8 Å². The minimum absolute atomic E-state index is 0.0770. The zero-order valence-corrected chi connectivity index (χ0v) is 9.56. The molecule has 5 atom stereocenters. The molecule has 0 amide bonds. The zero-order chi connectivity index (χ0) is 11.3. The summed E-state index contributed by atoms with van der Waals surface area (Å²) in [7, 11) is 0. The largest absolute Gasteiger partial charge is 0.459 e. The molecule has 16 heavy (non-hydrogen) atoms. The van der Waals surface area contributed by atoms with Crippen LogP contribution in [-0.2, 0) is 9.53 Å². The first kappa shape index (κ1) is 10.3. The Labute approximate surface area is 95.5 Å². The molecule has 1 heterocycles. The first-order chi connectivity index (χ1) is 7.68. The fraction of sp³-hybridized carbons (Fsp3) is 0.769. The number of fused-ring (bicyclic) bond motifs is 2. The quantitative estimate of drug-likeness (QED) is 0.634. The Morgan fingerprint density at radius 1 is 1.38 bits per heavy atom. The number of hydrogen-bond acceptors (Lipinski definition) is 3. The van der Waals surface area contributed by atoms with Crippen molar-refractivity contribution >= 4 is 5.97 Å². The third-order valence-electron chi connectivity index (χ3n) is 4.47. The average Bonchev–Trinajstić information content (AvgIpc) is 2.55. The highest BCUT2D eigenvalue weighted by Crippen LogP contribution is 2.46. The zero-order valence-electron chi connectivity index (χ0n) is 9.56. The van der Waals surface area contributed by atoms with Gasteiger partial charge in [-0.15, -0.1) is 0 Å². The number of aliphatic hydroxyl groups excluding tert-OH is 1. The predicted molar refractivity (Wildman–Crippen MR) is 58.6 cm³/mol. The van der Waals surface area contributed by atoms with E-state index < -0.39 is 0 Å². The van der Waals surface area contributed by atoms with Crippen LogP contribution in [0.5, 0.6) is 0 Å². The molecule has 0 bridgehead atoms. The van der Waals surface area contributed by atoms with Gasteiger partial charge in [-0.25, -0.2) is 4.79 Å². The number of cyclic esters (lactones) is 1. The van der Waals surface area contributed by atoms with Gasteiger partial charge in [0.05, 0.1) is 12.0 Å². The van der Waals surface area contributed by atoms with Crippen molar-refractivity contribution < 1.29 is 14.6 Å². The van der Waals surface area contributed by atoms with Crippen molar-refractivity contribution in [3.63, 3.8) is 0 Å². The molecule has 1 saturated carbocycles. The van der Waals surface area contributed by atoms with E-state index in [2.05, 4.69) is 6.08 Å². The van der Waals surface area contributed by atoms with Crippen LogP contribution < -0.4 is 0 Å². The molecular formula is C13H18O3. The van der Waals surface area contributed by atoms with Gasteiger partial charge in [-0.05, 0) is 31.6 Å². The van der Waals surface area contributed by atoms with Crippen LogP contribution in [0.15, 0.2) is 11.6 Å². The van der Waals surface area contributed by atoms with Gasteiger partial charge in [0.2, 0.25) is 0 Å². The molecule has 0 aromatic carbocycles. The maximum atomic E-state index is 11.6. The predicted octanol–water partition coefficient (Wildman–Crippen LogP) is 1.66. The maximum absolute atomic E-state index is 11.6. The fourth-order valence-electron chi connectivity index (χ4n) is 3.66. The van der Waals surface area contributed by atoms with Crippen LogP contribution in [0, 0.1) is 17.8 Å². The topological polar surface area (TPSA) is 46.5 Å². The molecule has 88 valence electrons. The van der Waals surface area contributed by atoms with Crippen molar-refractivity contribution in [3.05, 3.63) is 11.6 Å². The third-order valence-corrected chi connectivity index (χ3v) is 4.47. The highest BCUT2D eigenvalue weighted by atomic mass is 16.6. The lowest BCUT2D eigenvalue weighted by molar-refractivity contribution is -0.138. The van der Waals surface area contributed by atoms with E-state index in [4.69, 9.17) is 4.74 Å². The molecule has 3 rings (SSSR count). The first-order valence-corrected chi connectivity index (χ1v) is 6.29. The summed E-state index contributed by atoms with van der Waals surface area (Å²) in [5.41, 5.74) is 0.739. The van der Waals surface area contributed by atoms with Crippen LogP contribution in [0.4, 0.5) is 0 Å². The van der Waals surface area contributed by atoms with Gasteiger partial charge in [0.15, 0.2) is 0 Å². The molecule has 0 aromatic rings. The highest BCUT2D eigenvalue weighted by Gasteiger charge is 2.49.